The first-order valence-corrected chi connectivity index (χ1v) is 9.30. The number of likely N-dealkylation sites (tertiary alicyclic amines) is 3. The van der Waals surface area contributed by atoms with Crippen LogP contribution in [0.2, 0.25) is 0 Å². The van der Waals surface area contributed by atoms with Gasteiger partial charge in [-0.25, -0.2) is 0 Å². The van der Waals surface area contributed by atoms with Gasteiger partial charge in [0.05, 0.1) is 13.6 Å². The van der Waals surface area contributed by atoms with Crippen molar-refractivity contribution in [1.29, 1.82) is 0 Å². The van der Waals surface area contributed by atoms with E-state index in [9.17, 15) is 9.90 Å². The first-order chi connectivity index (χ1) is 11.0. The monoisotopic (exact) mass is 326 g/mol. The smallest absolute Gasteiger partial charge is 0.315 e. The number of hydrogen-bond donors (Lipinski definition) is 1. The Morgan fingerprint density at radius 1 is 1.00 bits per heavy atom. The fourth-order valence-electron chi connectivity index (χ4n) is 4.18. The lowest BCUT2D eigenvalue weighted by Gasteiger charge is -2.42. The molecule has 1 amide bonds. The summed E-state index contributed by atoms with van der Waals surface area (Å²) in [5, 5.41) is 11.2. The minimum absolute atomic E-state index is 0.230. The Labute approximate surface area is 139 Å². The van der Waals surface area contributed by atoms with Gasteiger partial charge in [-0.3, -0.25) is 9.69 Å². The molecule has 3 heterocycles. The van der Waals surface area contributed by atoms with E-state index in [0.29, 0.717) is 11.2 Å². The molecule has 0 aromatic heterocycles. The quantitative estimate of drug-likeness (QED) is 0.604. The number of piperidine rings is 1. The zero-order valence-corrected chi connectivity index (χ0v) is 14.5. The Balaban J connectivity index is 1.74. The van der Waals surface area contributed by atoms with Crippen molar-refractivity contribution in [3.05, 3.63) is 0 Å². The van der Waals surface area contributed by atoms with Gasteiger partial charge >= 0.3 is 5.79 Å². The van der Waals surface area contributed by atoms with Crippen LogP contribution in [0.4, 0.5) is 0 Å². The van der Waals surface area contributed by atoms with Gasteiger partial charge in [-0.15, -0.1) is 0 Å². The van der Waals surface area contributed by atoms with Crippen LogP contribution in [0, 0.1) is 0 Å². The summed E-state index contributed by atoms with van der Waals surface area (Å²) in [6, 6.07) is 0. The number of nitrogens with zero attached hydrogens (tertiary/aromatic N) is 3. The van der Waals surface area contributed by atoms with Gasteiger partial charge < -0.3 is 10.0 Å². The number of hydrogen-bond acceptors (Lipinski definition) is 4. The average molecular weight is 326 g/mol. The third-order valence-corrected chi connectivity index (χ3v) is 5.50. The van der Waals surface area contributed by atoms with Gasteiger partial charge in [-0.1, -0.05) is 0 Å². The minimum Gasteiger partial charge on any atom is -0.353 e. The highest BCUT2D eigenvalue weighted by molar-refractivity contribution is 5.84. The zero-order chi connectivity index (χ0) is 16.3. The van der Waals surface area contributed by atoms with E-state index in [0.717, 1.165) is 77.8 Å². The molecule has 1 unspecified atom stereocenters. The summed E-state index contributed by atoms with van der Waals surface area (Å²) in [5.41, 5.74) is 0. The highest BCUT2D eigenvalue weighted by Crippen LogP contribution is 2.27. The second kappa shape index (κ2) is 7.05. The van der Waals surface area contributed by atoms with Gasteiger partial charge in [0.1, 0.15) is 13.1 Å². The molecule has 0 saturated carbocycles. The van der Waals surface area contributed by atoms with Crippen LogP contribution in [0.3, 0.4) is 0 Å². The number of carbonyl (C=O) groups is 1. The number of carbonyl (C=O) groups excluding carboxylic acids is 1. The maximum atomic E-state index is 13.0. The van der Waals surface area contributed by atoms with Crippen LogP contribution in [-0.2, 0) is 9.63 Å². The molecule has 0 aliphatic carbocycles. The Morgan fingerprint density at radius 3 is 2.17 bits per heavy atom. The first-order valence-electron chi connectivity index (χ1n) is 9.30. The van der Waals surface area contributed by atoms with Crippen LogP contribution in [0.5, 0.6) is 0 Å². The highest BCUT2D eigenvalue weighted by Gasteiger charge is 2.50. The molecule has 6 nitrogen and oxygen atoms in total. The molecule has 3 aliphatic heterocycles. The molecule has 0 aromatic rings. The Hall–Kier alpha value is -0.690. The molecule has 3 aliphatic rings. The van der Waals surface area contributed by atoms with Crippen molar-refractivity contribution < 1.29 is 19.4 Å². The maximum Gasteiger partial charge on any atom is 0.315 e. The highest BCUT2D eigenvalue weighted by atomic mass is 16.8. The van der Waals surface area contributed by atoms with E-state index in [1.165, 1.54) is 6.42 Å². The third kappa shape index (κ3) is 4.05. The van der Waals surface area contributed by atoms with Crippen molar-refractivity contribution >= 4 is 5.91 Å². The van der Waals surface area contributed by atoms with E-state index >= 15 is 0 Å². The topological polar surface area (TPSA) is 53.0 Å². The molecular weight excluding hydrogens is 294 g/mol. The summed E-state index contributed by atoms with van der Waals surface area (Å²) in [4.78, 5) is 23.1. The average Bonchev–Trinajstić information content (AvgIpc) is 3.19. The molecule has 0 aromatic carbocycles. The normalized spacial score (nSPS) is 28.0. The van der Waals surface area contributed by atoms with Gasteiger partial charge in [0.15, 0.2) is 0 Å². The van der Waals surface area contributed by atoms with Crippen molar-refractivity contribution in [1.82, 2.24) is 9.80 Å². The lowest BCUT2D eigenvalue weighted by atomic mass is 10.1. The molecular formula is C17H32N3O3+. The van der Waals surface area contributed by atoms with Crippen molar-refractivity contribution in [3.8, 4) is 0 Å². The van der Waals surface area contributed by atoms with E-state index in [2.05, 4.69) is 4.90 Å². The number of aliphatic hydroxyl groups is 1. The van der Waals surface area contributed by atoms with Crippen molar-refractivity contribution in [3.63, 3.8) is 0 Å². The third-order valence-electron chi connectivity index (χ3n) is 5.50. The second-order valence-corrected chi connectivity index (χ2v) is 7.66. The summed E-state index contributed by atoms with van der Waals surface area (Å²) in [5.74, 6) is -1.94. The van der Waals surface area contributed by atoms with Crippen LogP contribution in [-0.4, -0.2) is 84.1 Å². The lowest BCUT2D eigenvalue weighted by Crippen LogP contribution is -2.63. The van der Waals surface area contributed by atoms with Crippen molar-refractivity contribution in [2.75, 3.05) is 52.9 Å². The molecule has 3 rings (SSSR count). The standard InChI is InChI=1S/C17H32N3O3/c1-20(13-7-2-8-14-20)23-17(22,15-18-9-3-4-10-18)16(21)19-11-5-6-12-19/h22H,2-15H2,1H3/q+1. The maximum absolute atomic E-state index is 13.0. The van der Waals surface area contributed by atoms with Gasteiger partial charge in [0.25, 0.3) is 5.91 Å². The predicted octanol–water partition coefficient (Wildman–Crippen LogP) is 0.955. The molecule has 23 heavy (non-hydrogen) atoms. The number of hydroxylamine groups is 3. The first kappa shape index (κ1) is 17.1. The molecule has 132 valence electrons. The van der Waals surface area contributed by atoms with Gasteiger partial charge in [0, 0.05) is 13.1 Å². The van der Waals surface area contributed by atoms with Crippen molar-refractivity contribution in [2.24, 2.45) is 0 Å². The zero-order valence-electron chi connectivity index (χ0n) is 14.5. The molecule has 0 radical (unpaired) electrons. The van der Waals surface area contributed by atoms with Gasteiger partial charge in [-0.05, 0) is 58.0 Å². The largest absolute Gasteiger partial charge is 0.353 e. The van der Waals surface area contributed by atoms with E-state index in [4.69, 9.17) is 4.84 Å². The molecule has 0 bridgehead atoms. The van der Waals surface area contributed by atoms with Crippen LogP contribution >= 0.6 is 0 Å². The Kier molecular flexibility index (Phi) is 5.26. The number of β-amino-alcohol motifs (C(OH)–C–C–N with tert-alkyl or cyclic N) is 1. The van der Waals surface area contributed by atoms with E-state index < -0.39 is 5.79 Å². The number of amides is 1. The van der Waals surface area contributed by atoms with Crippen LogP contribution in [0.1, 0.15) is 44.9 Å². The van der Waals surface area contributed by atoms with Crippen LogP contribution < -0.4 is 0 Å². The van der Waals surface area contributed by atoms with Crippen LogP contribution in [0.25, 0.3) is 0 Å². The second-order valence-electron chi connectivity index (χ2n) is 7.66. The summed E-state index contributed by atoms with van der Waals surface area (Å²) in [6.45, 7) is 5.43. The summed E-state index contributed by atoms with van der Waals surface area (Å²) >= 11 is 0. The van der Waals surface area contributed by atoms with E-state index in [1.54, 1.807) is 4.90 Å². The van der Waals surface area contributed by atoms with Gasteiger partial charge in [0.2, 0.25) is 0 Å². The molecule has 3 fully saturated rings. The van der Waals surface area contributed by atoms with Crippen molar-refractivity contribution in [2.45, 2.75) is 50.7 Å². The Morgan fingerprint density at radius 2 is 1.57 bits per heavy atom. The van der Waals surface area contributed by atoms with Crippen LogP contribution in [0.15, 0.2) is 0 Å². The molecule has 1 atom stereocenters. The number of rotatable bonds is 5. The summed E-state index contributed by atoms with van der Waals surface area (Å²) < 4.78 is 0.351. The number of quaternary nitrogens is 1. The van der Waals surface area contributed by atoms with E-state index in [1.807, 2.05) is 7.05 Å². The SMILES string of the molecule is C[N+]1(OC(O)(CN2CCCC2)C(=O)N2CCCC2)CCCCC1. The minimum atomic E-state index is -1.71. The van der Waals surface area contributed by atoms with E-state index in [-0.39, 0.29) is 5.91 Å². The summed E-state index contributed by atoms with van der Waals surface area (Å²) in [7, 11) is 2.01. The molecule has 1 N–H and O–H groups in total. The molecule has 0 spiro atoms. The lowest BCUT2D eigenvalue weighted by molar-refractivity contribution is -1.11. The molecule has 6 heteroatoms. The fourth-order valence-corrected chi connectivity index (χ4v) is 4.18. The molecule has 3 saturated heterocycles. The Bertz CT molecular complexity index is 413. The summed E-state index contributed by atoms with van der Waals surface area (Å²) in [6.07, 6.45) is 7.72. The fraction of sp³-hybridized carbons (Fsp3) is 0.941. The van der Waals surface area contributed by atoms with Gasteiger partial charge in [-0.2, -0.15) is 9.48 Å². The predicted molar refractivity (Wildman–Crippen MR) is 87.3 cm³/mol.